The van der Waals surface area contributed by atoms with Crippen molar-refractivity contribution in [1.29, 1.82) is 0 Å². The van der Waals surface area contributed by atoms with E-state index in [1.807, 2.05) is 30.3 Å². The Morgan fingerprint density at radius 1 is 1.19 bits per heavy atom. The minimum atomic E-state index is 0.707. The van der Waals surface area contributed by atoms with Gasteiger partial charge >= 0.3 is 0 Å². The minimum Gasteiger partial charge on any atom is -0.493 e. The van der Waals surface area contributed by atoms with E-state index in [4.69, 9.17) is 10.5 Å². The zero-order valence-electron chi connectivity index (χ0n) is 12.5. The molecule has 21 heavy (non-hydrogen) atoms. The van der Waals surface area contributed by atoms with Crippen molar-refractivity contribution in [2.24, 2.45) is 0 Å². The van der Waals surface area contributed by atoms with Crippen LogP contribution in [0.2, 0.25) is 0 Å². The van der Waals surface area contributed by atoms with Gasteiger partial charge in [0, 0.05) is 41.6 Å². The van der Waals surface area contributed by atoms with Crippen molar-refractivity contribution in [3.8, 4) is 5.75 Å². The quantitative estimate of drug-likeness (QED) is 0.783. The Morgan fingerprint density at radius 2 is 2.00 bits per heavy atom. The molecule has 0 unspecified atom stereocenters. The molecule has 0 bridgehead atoms. The van der Waals surface area contributed by atoms with Crippen molar-refractivity contribution in [3.63, 3.8) is 0 Å². The molecule has 0 amide bonds. The second-order valence-electron chi connectivity index (χ2n) is 5.09. The Morgan fingerprint density at radius 3 is 2.71 bits per heavy atom. The molecule has 0 radical (unpaired) electrons. The summed E-state index contributed by atoms with van der Waals surface area (Å²) >= 11 is 3.50. The summed E-state index contributed by atoms with van der Waals surface area (Å²) < 4.78 is 6.77. The molecule has 2 aromatic carbocycles. The molecule has 112 valence electrons. The van der Waals surface area contributed by atoms with Gasteiger partial charge in [-0.2, -0.15) is 0 Å². The van der Waals surface area contributed by atoms with E-state index in [-0.39, 0.29) is 0 Å². The van der Waals surface area contributed by atoms with Gasteiger partial charge in [0.15, 0.2) is 0 Å². The summed E-state index contributed by atoms with van der Waals surface area (Å²) in [5.74, 6) is 0.827. The highest BCUT2D eigenvalue weighted by Crippen LogP contribution is 2.26. The highest BCUT2D eigenvalue weighted by molar-refractivity contribution is 9.10. The third kappa shape index (κ3) is 4.67. The summed E-state index contributed by atoms with van der Waals surface area (Å²) in [5, 5.41) is 0. The molecule has 2 aromatic rings. The largest absolute Gasteiger partial charge is 0.493 e. The monoisotopic (exact) mass is 348 g/mol. The van der Waals surface area contributed by atoms with Gasteiger partial charge < -0.3 is 15.4 Å². The first-order valence-electron chi connectivity index (χ1n) is 7.07. The highest BCUT2D eigenvalue weighted by atomic mass is 79.9. The number of anilines is 2. The Kier molecular flexibility index (Phi) is 5.51. The molecule has 2 N–H and O–H groups in total. The molecule has 3 nitrogen and oxygen atoms in total. The number of hydrogen-bond donors (Lipinski definition) is 1. The second kappa shape index (κ2) is 7.36. The Bertz CT molecular complexity index is 601. The number of ether oxygens (including phenoxy) is 1. The summed E-state index contributed by atoms with van der Waals surface area (Å²) in [4.78, 5) is 2.16. The normalized spacial score (nSPS) is 10.4. The Hall–Kier alpha value is -1.68. The molecule has 2 rings (SSSR count). The number of hydrogen-bond acceptors (Lipinski definition) is 3. The van der Waals surface area contributed by atoms with Gasteiger partial charge in [-0.05, 0) is 30.2 Å². The van der Waals surface area contributed by atoms with Crippen LogP contribution in [-0.4, -0.2) is 13.7 Å². The highest BCUT2D eigenvalue weighted by Gasteiger charge is 2.06. The maximum absolute atomic E-state index is 5.97. The fraction of sp³-hybridized carbons (Fsp3) is 0.294. The van der Waals surface area contributed by atoms with Crippen molar-refractivity contribution in [3.05, 3.63) is 52.5 Å². The van der Waals surface area contributed by atoms with Crippen LogP contribution < -0.4 is 15.4 Å². The van der Waals surface area contributed by atoms with Gasteiger partial charge in [0.2, 0.25) is 0 Å². The summed E-state index contributed by atoms with van der Waals surface area (Å²) in [6.07, 6.45) is 0.984. The number of nitrogens with two attached hydrogens (primary N) is 1. The lowest BCUT2D eigenvalue weighted by molar-refractivity contribution is 0.317. The van der Waals surface area contributed by atoms with Crippen molar-refractivity contribution < 1.29 is 4.74 Å². The third-order valence-electron chi connectivity index (χ3n) is 3.14. The first kappa shape index (κ1) is 15.7. The van der Waals surface area contributed by atoms with Crippen molar-refractivity contribution in [2.75, 3.05) is 24.3 Å². The Balaban J connectivity index is 2.14. The molecule has 0 saturated heterocycles. The van der Waals surface area contributed by atoms with Gasteiger partial charge in [0.1, 0.15) is 5.75 Å². The van der Waals surface area contributed by atoms with Crippen molar-refractivity contribution in [1.82, 2.24) is 0 Å². The smallest absolute Gasteiger partial charge is 0.123 e. The van der Waals surface area contributed by atoms with E-state index in [0.29, 0.717) is 6.61 Å². The van der Waals surface area contributed by atoms with Crippen LogP contribution in [0.4, 0.5) is 11.4 Å². The molecule has 4 heteroatoms. The maximum Gasteiger partial charge on any atom is 0.123 e. The van der Waals surface area contributed by atoms with Gasteiger partial charge in [0.05, 0.1) is 6.61 Å². The van der Waals surface area contributed by atoms with Crippen LogP contribution in [0.15, 0.2) is 46.9 Å². The van der Waals surface area contributed by atoms with Crippen LogP contribution in [0.25, 0.3) is 0 Å². The third-order valence-corrected chi connectivity index (χ3v) is 3.63. The lowest BCUT2D eigenvalue weighted by atomic mass is 10.2. The van der Waals surface area contributed by atoms with Gasteiger partial charge in [-0.1, -0.05) is 35.0 Å². The van der Waals surface area contributed by atoms with E-state index in [9.17, 15) is 0 Å². The number of halogens is 1. The average molecular weight is 349 g/mol. The standard InChI is InChI=1S/C17H21BrN2O/c1-3-7-21-17-10-15(19)9-16(11-17)20(2)12-13-5-4-6-14(18)8-13/h4-6,8-11H,3,7,12,19H2,1-2H3. The van der Waals surface area contributed by atoms with Gasteiger partial charge in [-0.15, -0.1) is 0 Å². The minimum absolute atomic E-state index is 0.707. The average Bonchev–Trinajstić information content (AvgIpc) is 2.44. The number of nitrogen functional groups attached to an aromatic ring is 1. The lowest BCUT2D eigenvalue weighted by Gasteiger charge is -2.21. The fourth-order valence-corrected chi connectivity index (χ4v) is 2.58. The number of nitrogens with zero attached hydrogens (tertiary/aromatic N) is 1. The van der Waals surface area contributed by atoms with Gasteiger partial charge in [0.25, 0.3) is 0 Å². The van der Waals surface area contributed by atoms with Crippen LogP contribution in [0.3, 0.4) is 0 Å². The van der Waals surface area contributed by atoms with E-state index < -0.39 is 0 Å². The first-order chi connectivity index (χ1) is 10.1. The van der Waals surface area contributed by atoms with Crippen molar-refractivity contribution in [2.45, 2.75) is 19.9 Å². The maximum atomic E-state index is 5.97. The molecule has 0 fully saturated rings. The summed E-state index contributed by atoms with van der Waals surface area (Å²) in [6.45, 7) is 3.61. The van der Waals surface area contributed by atoms with E-state index in [1.54, 1.807) is 0 Å². The number of rotatable bonds is 6. The Labute approximate surface area is 134 Å². The molecule has 0 aliphatic carbocycles. The molecule has 0 aliphatic heterocycles. The van der Waals surface area contributed by atoms with E-state index in [2.05, 4.69) is 46.9 Å². The molecule has 0 aliphatic rings. The SMILES string of the molecule is CCCOc1cc(N)cc(N(C)Cc2cccc(Br)c2)c1. The molecule has 0 heterocycles. The predicted molar refractivity (Wildman–Crippen MR) is 92.9 cm³/mol. The zero-order chi connectivity index (χ0) is 15.2. The predicted octanol–water partition coefficient (Wildman–Crippen LogP) is 4.46. The van der Waals surface area contributed by atoms with Gasteiger partial charge in [-0.25, -0.2) is 0 Å². The second-order valence-corrected chi connectivity index (χ2v) is 6.01. The first-order valence-corrected chi connectivity index (χ1v) is 7.86. The summed E-state index contributed by atoms with van der Waals surface area (Å²) in [7, 11) is 2.05. The molecule has 0 atom stereocenters. The topological polar surface area (TPSA) is 38.5 Å². The van der Waals surface area contributed by atoms with Crippen molar-refractivity contribution >= 4 is 27.3 Å². The van der Waals surface area contributed by atoms with E-state index in [1.165, 1.54) is 5.56 Å². The van der Waals surface area contributed by atoms with E-state index >= 15 is 0 Å². The van der Waals surface area contributed by atoms with Crippen LogP contribution in [0, 0.1) is 0 Å². The molecule has 0 aromatic heterocycles. The molecular weight excluding hydrogens is 328 g/mol. The molecule has 0 saturated carbocycles. The molecule has 0 spiro atoms. The van der Waals surface area contributed by atoms with Crippen LogP contribution in [0.1, 0.15) is 18.9 Å². The summed E-state index contributed by atoms with van der Waals surface area (Å²) in [6, 6.07) is 14.2. The molecular formula is C17H21BrN2O. The van der Waals surface area contributed by atoms with Crippen LogP contribution in [0.5, 0.6) is 5.75 Å². The van der Waals surface area contributed by atoms with Crippen LogP contribution in [-0.2, 0) is 6.54 Å². The van der Waals surface area contributed by atoms with Crippen LogP contribution >= 0.6 is 15.9 Å². The lowest BCUT2D eigenvalue weighted by Crippen LogP contribution is -2.16. The van der Waals surface area contributed by atoms with E-state index in [0.717, 1.165) is 34.6 Å². The zero-order valence-corrected chi connectivity index (χ0v) is 14.1. The summed E-state index contributed by atoms with van der Waals surface area (Å²) in [5.41, 5.74) is 8.99. The fourth-order valence-electron chi connectivity index (χ4n) is 2.13. The van der Waals surface area contributed by atoms with Gasteiger partial charge in [-0.3, -0.25) is 0 Å². The number of benzene rings is 2.